The van der Waals surface area contributed by atoms with Gasteiger partial charge >= 0.3 is 7.82 Å². The van der Waals surface area contributed by atoms with Crippen molar-refractivity contribution in [1.29, 1.82) is 0 Å². The molecule has 1 amide bonds. The fourth-order valence-corrected chi connectivity index (χ4v) is 9.38. The SMILES string of the molecule is CCCCCCCCCCCCCC/C=C\CCCCCCCC(O)CC(=O)NC(COP(=O)(O)OC1C(O)C(O)C(O)C(O)C1O)C(O)CCCCCCCCCCCCCC. The first-order valence-corrected chi connectivity index (χ1v) is 27.2. The van der Waals surface area contributed by atoms with E-state index in [-0.39, 0.29) is 12.8 Å². The van der Waals surface area contributed by atoms with Crippen molar-refractivity contribution in [3.05, 3.63) is 12.2 Å². The Hall–Kier alpha value is -0.960. The van der Waals surface area contributed by atoms with Gasteiger partial charge in [0.2, 0.25) is 5.91 Å². The number of aliphatic hydroxyl groups excluding tert-OH is 7. The molecule has 0 saturated heterocycles. The lowest BCUT2D eigenvalue weighted by molar-refractivity contribution is -0.220. The summed E-state index contributed by atoms with van der Waals surface area (Å²) in [6.07, 6.45) is 28.4. The molecule has 1 rings (SSSR count). The standard InChI is InChI=1S/C49H96NO12P/c1-3-5-7-9-11-13-15-17-18-19-20-21-22-23-24-25-26-28-30-32-34-36-40(51)38-43(53)50-41(42(52)37-35-33-31-29-27-16-14-12-10-8-6-4-2)39-61-63(59,60)62-49-47(57)45(55)44(54)46(56)48(49)58/h23-24,40-42,44-49,51-52,54-58H,3-22,25-39H2,1-2H3,(H,50,53)(H,59,60)/b24-23-. The Kier molecular flexibility index (Phi) is 37.3. The molecular formula is C49H96NO12P. The molecular weight excluding hydrogens is 826 g/mol. The molecule has 8 unspecified atom stereocenters. The Morgan fingerprint density at radius 3 is 1.30 bits per heavy atom. The van der Waals surface area contributed by atoms with Crippen LogP contribution in [0.15, 0.2) is 12.2 Å². The Bertz CT molecular complexity index is 1130. The molecule has 0 aromatic rings. The van der Waals surface area contributed by atoms with Crippen LogP contribution in [0.5, 0.6) is 0 Å². The minimum atomic E-state index is -5.12. The lowest BCUT2D eigenvalue weighted by atomic mass is 9.85. The van der Waals surface area contributed by atoms with E-state index in [1.165, 1.54) is 122 Å². The number of hydrogen-bond acceptors (Lipinski definition) is 11. The lowest BCUT2D eigenvalue weighted by Crippen LogP contribution is -2.64. The highest BCUT2D eigenvalue weighted by molar-refractivity contribution is 7.47. The van der Waals surface area contributed by atoms with Crippen LogP contribution in [0.4, 0.5) is 0 Å². The fraction of sp³-hybridized carbons (Fsp3) is 0.939. The second-order valence-electron chi connectivity index (χ2n) is 18.6. The Labute approximate surface area is 382 Å². The Morgan fingerprint density at radius 1 is 0.540 bits per heavy atom. The van der Waals surface area contributed by atoms with E-state index in [0.29, 0.717) is 12.8 Å². The number of phosphoric ester groups is 1. The molecule has 374 valence electrons. The normalized spacial score (nSPS) is 22.9. The van der Waals surface area contributed by atoms with Gasteiger partial charge in [-0.1, -0.05) is 199 Å². The topological polar surface area (TPSA) is 226 Å². The van der Waals surface area contributed by atoms with Gasteiger partial charge in [0.25, 0.3) is 0 Å². The average Bonchev–Trinajstić information content (AvgIpc) is 3.26. The molecule has 8 atom stereocenters. The van der Waals surface area contributed by atoms with Crippen LogP contribution in [0.1, 0.15) is 232 Å². The number of aliphatic hydroxyl groups is 7. The zero-order chi connectivity index (χ0) is 46.6. The van der Waals surface area contributed by atoms with Crippen molar-refractivity contribution in [2.45, 2.75) is 287 Å². The van der Waals surface area contributed by atoms with Crippen LogP contribution in [0.25, 0.3) is 0 Å². The van der Waals surface area contributed by atoms with Gasteiger partial charge in [-0.05, 0) is 38.5 Å². The summed E-state index contributed by atoms with van der Waals surface area (Å²) in [5.74, 6) is -0.563. The monoisotopic (exact) mass is 922 g/mol. The molecule has 1 saturated carbocycles. The molecule has 0 aliphatic heterocycles. The second kappa shape index (κ2) is 39.1. The summed E-state index contributed by atoms with van der Waals surface area (Å²) in [4.78, 5) is 23.5. The van der Waals surface area contributed by atoms with Crippen molar-refractivity contribution in [1.82, 2.24) is 5.32 Å². The molecule has 1 fully saturated rings. The van der Waals surface area contributed by atoms with Crippen molar-refractivity contribution in [2.24, 2.45) is 0 Å². The van der Waals surface area contributed by atoms with Gasteiger partial charge in [0.05, 0.1) is 31.3 Å². The first-order valence-electron chi connectivity index (χ1n) is 25.7. The second-order valence-corrected chi connectivity index (χ2v) is 20.0. The number of allylic oxidation sites excluding steroid dienone is 2. The quantitative estimate of drug-likeness (QED) is 0.0158. The minimum Gasteiger partial charge on any atom is -0.393 e. The summed E-state index contributed by atoms with van der Waals surface area (Å²) in [7, 11) is -5.12. The van der Waals surface area contributed by atoms with E-state index in [2.05, 4.69) is 31.3 Å². The Morgan fingerprint density at radius 2 is 0.889 bits per heavy atom. The summed E-state index contributed by atoms with van der Waals surface area (Å²) >= 11 is 0. The number of carbonyl (C=O) groups is 1. The molecule has 0 radical (unpaired) electrons. The van der Waals surface area contributed by atoms with E-state index in [1.54, 1.807) is 0 Å². The summed E-state index contributed by atoms with van der Waals surface area (Å²) in [6, 6.07) is -1.15. The summed E-state index contributed by atoms with van der Waals surface area (Å²) in [6.45, 7) is 3.80. The number of amides is 1. The van der Waals surface area contributed by atoms with Crippen LogP contribution in [0.3, 0.4) is 0 Å². The molecule has 9 N–H and O–H groups in total. The van der Waals surface area contributed by atoms with Gasteiger partial charge in [0.1, 0.15) is 36.6 Å². The molecule has 1 aliphatic rings. The number of rotatable bonds is 43. The molecule has 0 bridgehead atoms. The zero-order valence-corrected chi connectivity index (χ0v) is 40.7. The van der Waals surface area contributed by atoms with Gasteiger partial charge in [-0.25, -0.2) is 4.57 Å². The molecule has 0 aromatic heterocycles. The third kappa shape index (κ3) is 30.9. The predicted molar refractivity (Wildman–Crippen MR) is 252 cm³/mol. The first kappa shape index (κ1) is 60.1. The maximum atomic E-state index is 13.0. The minimum absolute atomic E-state index is 0.225. The van der Waals surface area contributed by atoms with E-state index in [4.69, 9.17) is 9.05 Å². The molecule has 13 nitrogen and oxygen atoms in total. The van der Waals surface area contributed by atoms with Gasteiger partial charge in [-0.15, -0.1) is 0 Å². The maximum Gasteiger partial charge on any atom is 0.472 e. The highest BCUT2D eigenvalue weighted by Gasteiger charge is 2.51. The van der Waals surface area contributed by atoms with E-state index >= 15 is 0 Å². The number of carbonyl (C=O) groups excluding carboxylic acids is 1. The zero-order valence-electron chi connectivity index (χ0n) is 39.8. The number of unbranched alkanes of at least 4 members (excludes halogenated alkanes) is 28. The average molecular weight is 922 g/mol. The van der Waals surface area contributed by atoms with Gasteiger partial charge < -0.3 is 46.0 Å². The van der Waals surface area contributed by atoms with E-state index in [0.717, 1.165) is 70.6 Å². The van der Waals surface area contributed by atoms with Crippen molar-refractivity contribution in [3.63, 3.8) is 0 Å². The summed E-state index contributed by atoms with van der Waals surface area (Å²) < 4.78 is 22.9. The van der Waals surface area contributed by atoms with Gasteiger partial charge in [0, 0.05) is 0 Å². The van der Waals surface area contributed by atoms with Crippen molar-refractivity contribution < 1.29 is 59.0 Å². The fourth-order valence-electron chi connectivity index (χ4n) is 8.42. The molecule has 63 heavy (non-hydrogen) atoms. The number of nitrogens with one attached hydrogen (secondary N) is 1. The first-order chi connectivity index (χ1) is 30.3. The van der Waals surface area contributed by atoms with Gasteiger partial charge in [0.15, 0.2) is 0 Å². The van der Waals surface area contributed by atoms with Crippen LogP contribution in [-0.4, -0.2) is 108 Å². The highest BCUT2D eigenvalue weighted by atomic mass is 31.2. The van der Waals surface area contributed by atoms with Gasteiger partial charge in [-0.2, -0.15) is 0 Å². The predicted octanol–water partition coefficient (Wildman–Crippen LogP) is 9.37. The molecule has 1 aliphatic carbocycles. The van der Waals surface area contributed by atoms with E-state index in [1.807, 2.05) is 0 Å². The maximum absolute atomic E-state index is 13.0. The summed E-state index contributed by atoms with van der Waals surface area (Å²) in [5, 5.41) is 74.7. The smallest absolute Gasteiger partial charge is 0.393 e. The van der Waals surface area contributed by atoms with Crippen molar-refractivity contribution in [3.8, 4) is 0 Å². The highest BCUT2D eigenvalue weighted by Crippen LogP contribution is 2.47. The van der Waals surface area contributed by atoms with E-state index < -0.39 is 75.2 Å². The number of phosphoric acid groups is 1. The van der Waals surface area contributed by atoms with Crippen LogP contribution in [0, 0.1) is 0 Å². The Balaban J connectivity index is 2.41. The lowest BCUT2D eigenvalue weighted by Gasteiger charge is -2.41. The number of hydrogen-bond donors (Lipinski definition) is 9. The van der Waals surface area contributed by atoms with E-state index in [9.17, 15) is 50.0 Å². The van der Waals surface area contributed by atoms with Crippen LogP contribution in [-0.2, 0) is 18.4 Å². The van der Waals surface area contributed by atoms with Gasteiger partial charge in [-0.3, -0.25) is 13.8 Å². The molecule has 0 spiro atoms. The van der Waals surface area contributed by atoms with Crippen molar-refractivity contribution in [2.75, 3.05) is 6.61 Å². The molecule has 0 aromatic carbocycles. The third-order valence-electron chi connectivity index (χ3n) is 12.6. The van der Waals surface area contributed by atoms with Crippen LogP contribution >= 0.6 is 7.82 Å². The van der Waals surface area contributed by atoms with Crippen LogP contribution < -0.4 is 5.32 Å². The van der Waals surface area contributed by atoms with Crippen molar-refractivity contribution >= 4 is 13.7 Å². The molecule has 0 heterocycles. The molecule has 14 heteroatoms. The third-order valence-corrected chi connectivity index (χ3v) is 13.6. The summed E-state index contributed by atoms with van der Waals surface area (Å²) in [5.41, 5.74) is 0. The largest absolute Gasteiger partial charge is 0.472 e. The van der Waals surface area contributed by atoms with Crippen LogP contribution in [0.2, 0.25) is 0 Å².